The fourth-order valence-corrected chi connectivity index (χ4v) is 6.38. The van der Waals surface area contributed by atoms with Gasteiger partial charge >= 0.3 is 6.36 Å². The van der Waals surface area contributed by atoms with Crippen LogP contribution in [0.3, 0.4) is 0 Å². The van der Waals surface area contributed by atoms with Gasteiger partial charge in [-0.3, -0.25) is 0 Å². The van der Waals surface area contributed by atoms with E-state index in [1.165, 1.54) is 63.5 Å². The SMILES string of the molecule is CCCCCCC1CCC2CC(c3cc(F)c(-c4ccc(OC(F)(F)F)c(F)c4)c(F)c3)CCC2C1. The monoisotopic (exact) mass is 512 g/mol. The van der Waals surface area contributed by atoms with Crippen molar-refractivity contribution in [2.45, 2.75) is 89.8 Å². The maximum absolute atomic E-state index is 15.0. The summed E-state index contributed by atoms with van der Waals surface area (Å²) in [7, 11) is 0. The van der Waals surface area contributed by atoms with Gasteiger partial charge < -0.3 is 4.74 Å². The van der Waals surface area contributed by atoms with E-state index < -0.39 is 35.1 Å². The summed E-state index contributed by atoms with van der Waals surface area (Å²) in [5.41, 5.74) is -0.0237. The molecular formula is C29H34F6O. The zero-order chi connectivity index (χ0) is 25.9. The summed E-state index contributed by atoms with van der Waals surface area (Å²) in [6.07, 6.45) is 7.99. The van der Waals surface area contributed by atoms with Crippen molar-refractivity contribution in [1.29, 1.82) is 0 Å². The van der Waals surface area contributed by atoms with Crippen LogP contribution in [0.1, 0.15) is 89.0 Å². The first-order valence-electron chi connectivity index (χ1n) is 13.2. The maximum Gasteiger partial charge on any atom is 0.573 e. The Labute approximate surface area is 209 Å². The number of hydrogen-bond donors (Lipinski definition) is 0. The molecule has 4 unspecified atom stereocenters. The number of benzene rings is 2. The van der Waals surface area contributed by atoms with Gasteiger partial charge in [0.25, 0.3) is 0 Å². The molecule has 2 aromatic carbocycles. The molecule has 2 aliphatic carbocycles. The molecule has 0 spiro atoms. The van der Waals surface area contributed by atoms with Gasteiger partial charge in [-0.25, -0.2) is 13.2 Å². The Hall–Kier alpha value is -2.18. The minimum Gasteiger partial charge on any atom is -0.403 e. The largest absolute Gasteiger partial charge is 0.573 e. The predicted molar refractivity (Wildman–Crippen MR) is 128 cm³/mol. The van der Waals surface area contributed by atoms with Crippen molar-refractivity contribution < 1.29 is 31.1 Å². The van der Waals surface area contributed by atoms with Crippen LogP contribution in [-0.4, -0.2) is 6.36 Å². The van der Waals surface area contributed by atoms with Gasteiger partial charge in [0.05, 0.1) is 5.56 Å². The number of alkyl halides is 3. The molecule has 0 amide bonds. The number of halogens is 6. The number of hydrogen-bond acceptors (Lipinski definition) is 1. The fraction of sp³-hybridized carbons (Fsp3) is 0.586. The Bertz CT molecular complexity index is 1010. The van der Waals surface area contributed by atoms with Crippen LogP contribution in [0.15, 0.2) is 30.3 Å². The molecule has 4 atom stereocenters. The Morgan fingerprint density at radius 3 is 2.17 bits per heavy atom. The van der Waals surface area contributed by atoms with Crippen LogP contribution in [0.4, 0.5) is 26.3 Å². The average Bonchev–Trinajstić information content (AvgIpc) is 2.82. The van der Waals surface area contributed by atoms with Gasteiger partial charge in [0, 0.05) is 0 Å². The minimum atomic E-state index is -5.06. The molecule has 2 fully saturated rings. The molecule has 2 saturated carbocycles. The molecule has 4 rings (SSSR count). The smallest absolute Gasteiger partial charge is 0.403 e. The van der Waals surface area contributed by atoms with Gasteiger partial charge in [-0.2, -0.15) is 0 Å². The van der Waals surface area contributed by atoms with E-state index in [0.29, 0.717) is 23.5 Å². The lowest BCUT2D eigenvalue weighted by molar-refractivity contribution is -0.275. The quantitative estimate of drug-likeness (QED) is 0.253. The van der Waals surface area contributed by atoms with Gasteiger partial charge in [-0.15, -0.1) is 13.2 Å². The van der Waals surface area contributed by atoms with E-state index >= 15 is 8.78 Å². The van der Waals surface area contributed by atoms with Gasteiger partial charge in [0.1, 0.15) is 11.6 Å². The van der Waals surface area contributed by atoms with Crippen LogP contribution in [0, 0.1) is 35.2 Å². The highest BCUT2D eigenvalue weighted by Gasteiger charge is 2.36. The summed E-state index contributed by atoms with van der Waals surface area (Å²) in [6, 6.07) is 5.03. The number of rotatable bonds is 8. The lowest BCUT2D eigenvalue weighted by Crippen LogP contribution is -2.30. The highest BCUT2D eigenvalue weighted by atomic mass is 19.4. The van der Waals surface area contributed by atoms with E-state index in [1.807, 2.05) is 0 Å². The van der Waals surface area contributed by atoms with Crippen molar-refractivity contribution in [2.24, 2.45) is 17.8 Å². The molecule has 0 radical (unpaired) electrons. The van der Waals surface area contributed by atoms with E-state index in [1.54, 1.807) is 0 Å². The highest BCUT2D eigenvalue weighted by Crippen LogP contribution is 2.49. The second kappa shape index (κ2) is 11.5. The van der Waals surface area contributed by atoms with Gasteiger partial charge in [0.2, 0.25) is 0 Å². The summed E-state index contributed by atoms with van der Waals surface area (Å²) >= 11 is 0. The van der Waals surface area contributed by atoms with Gasteiger partial charge in [-0.1, -0.05) is 51.5 Å². The number of fused-ring (bicyclic) bond motifs is 1. The Kier molecular flexibility index (Phi) is 8.56. The topological polar surface area (TPSA) is 9.23 Å². The van der Waals surface area contributed by atoms with Crippen LogP contribution in [0.2, 0.25) is 0 Å². The molecule has 0 aromatic heterocycles. The molecule has 7 heteroatoms. The summed E-state index contributed by atoms with van der Waals surface area (Å²) in [6.45, 7) is 2.23. The second-order valence-corrected chi connectivity index (χ2v) is 10.6. The van der Waals surface area contributed by atoms with Gasteiger partial charge in [-0.05, 0) is 91.2 Å². The van der Waals surface area contributed by atoms with E-state index in [4.69, 9.17) is 0 Å². The highest BCUT2D eigenvalue weighted by molar-refractivity contribution is 5.66. The summed E-state index contributed by atoms with van der Waals surface area (Å²) in [5, 5.41) is 0. The standard InChI is InChI=1S/C29H34F6O/c1-2-3-4-5-6-18-7-8-20-14-21(10-9-19(20)13-18)23-16-25(31)28(26(32)17-23)22-11-12-27(24(30)15-22)36-29(33,34)35/h11-12,15-21H,2-10,13-14H2,1H3. The molecule has 0 N–H and O–H groups in total. The number of unbranched alkanes of at least 4 members (excludes halogenated alkanes) is 3. The van der Waals surface area contributed by atoms with E-state index in [0.717, 1.165) is 37.3 Å². The van der Waals surface area contributed by atoms with Crippen molar-refractivity contribution in [1.82, 2.24) is 0 Å². The van der Waals surface area contributed by atoms with Crippen LogP contribution in [0.5, 0.6) is 5.75 Å². The first-order valence-corrected chi connectivity index (χ1v) is 13.2. The van der Waals surface area contributed by atoms with Crippen molar-refractivity contribution in [3.8, 4) is 16.9 Å². The lowest BCUT2D eigenvalue weighted by Gasteiger charge is -2.42. The molecule has 1 nitrogen and oxygen atoms in total. The molecule has 0 bridgehead atoms. The lowest BCUT2D eigenvalue weighted by atomic mass is 9.63. The van der Waals surface area contributed by atoms with Crippen LogP contribution >= 0.6 is 0 Å². The predicted octanol–water partition coefficient (Wildman–Crippen LogP) is 9.94. The van der Waals surface area contributed by atoms with Gasteiger partial charge in [0.15, 0.2) is 11.6 Å². The molecule has 198 valence electrons. The summed E-state index contributed by atoms with van der Waals surface area (Å²) in [5.74, 6) is -1.91. The van der Waals surface area contributed by atoms with E-state index in [9.17, 15) is 17.6 Å². The van der Waals surface area contributed by atoms with Crippen molar-refractivity contribution >= 4 is 0 Å². The van der Waals surface area contributed by atoms with Crippen LogP contribution in [0.25, 0.3) is 11.1 Å². The third-order valence-electron chi connectivity index (χ3n) is 8.17. The minimum absolute atomic E-state index is 0.0738. The molecule has 0 aliphatic heterocycles. The molecular weight excluding hydrogens is 478 g/mol. The van der Waals surface area contributed by atoms with Crippen LogP contribution in [-0.2, 0) is 0 Å². The van der Waals surface area contributed by atoms with E-state index in [-0.39, 0.29) is 11.5 Å². The zero-order valence-electron chi connectivity index (χ0n) is 20.7. The molecule has 2 aliphatic rings. The van der Waals surface area contributed by atoms with Crippen molar-refractivity contribution in [2.75, 3.05) is 0 Å². The summed E-state index contributed by atoms with van der Waals surface area (Å²) in [4.78, 5) is 0. The Balaban J connectivity index is 1.42. The molecule has 36 heavy (non-hydrogen) atoms. The molecule has 0 heterocycles. The zero-order valence-corrected chi connectivity index (χ0v) is 20.7. The number of ether oxygens (including phenoxy) is 1. The van der Waals surface area contributed by atoms with Crippen molar-refractivity contribution in [3.63, 3.8) is 0 Å². The first kappa shape index (κ1) is 26.9. The average molecular weight is 513 g/mol. The second-order valence-electron chi connectivity index (χ2n) is 10.6. The van der Waals surface area contributed by atoms with E-state index in [2.05, 4.69) is 11.7 Å². The fourth-order valence-electron chi connectivity index (χ4n) is 6.38. The third kappa shape index (κ3) is 6.57. The van der Waals surface area contributed by atoms with Crippen LogP contribution < -0.4 is 4.74 Å². The van der Waals surface area contributed by atoms with Crippen molar-refractivity contribution in [3.05, 3.63) is 53.3 Å². The molecule has 0 saturated heterocycles. The maximum atomic E-state index is 15.0. The first-order chi connectivity index (χ1) is 17.1. The Morgan fingerprint density at radius 1 is 0.806 bits per heavy atom. The summed E-state index contributed by atoms with van der Waals surface area (Å²) < 4.78 is 84.9. The third-order valence-corrected chi connectivity index (χ3v) is 8.17. The normalized spacial score (nSPS) is 24.4. The Morgan fingerprint density at radius 2 is 1.50 bits per heavy atom. The molecule has 2 aromatic rings.